The highest BCUT2D eigenvalue weighted by Gasteiger charge is 2.08. The summed E-state index contributed by atoms with van der Waals surface area (Å²) in [5, 5.41) is 0. The van der Waals surface area contributed by atoms with Crippen molar-refractivity contribution in [2.45, 2.75) is 6.92 Å². The van der Waals surface area contributed by atoms with Gasteiger partial charge in [0.25, 0.3) is 10.0 Å². The first-order chi connectivity index (χ1) is 5.04. The van der Waals surface area contributed by atoms with E-state index in [1.54, 1.807) is 13.0 Å². The van der Waals surface area contributed by atoms with Crippen LogP contribution in [0.5, 0.6) is 0 Å². The Morgan fingerprint density at radius 1 is 1.55 bits per heavy atom. The first-order valence-corrected chi connectivity index (χ1v) is 4.47. The van der Waals surface area contributed by atoms with Crippen molar-refractivity contribution in [3.8, 4) is 0 Å². The number of rotatable bonds is 4. The quantitative estimate of drug-likeness (QED) is 0.648. The molecule has 4 heteroatoms. The molecule has 1 N–H and O–H groups in total. The van der Waals surface area contributed by atoms with Crippen LogP contribution in [-0.2, 0) is 10.0 Å². The van der Waals surface area contributed by atoms with E-state index in [0.29, 0.717) is 0 Å². The summed E-state index contributed by atoms with van der Waals surface area (Å²) in [6, 6.07) is 0. The topological polar surface area (TPSA) is 46.2 Å². The number of hydrogen-bond acceptors (Lipinski definition) is 2. The second-order valence-corrected chi connectivity index (χ2v) is 3.56. The van der Waals surface area contributed by atoms with Gasteiger partial charge in [-0.05, 0) is 13.0 Å². The highest BCUT2D eigenvalue weighted by atomic mass is 32.2. The van der Waals surface area contributed by atoms with Crippen molar-refractivity contribution >= 4 is 10.0 Å². The summed E-state index contributed by atoms with van der Waals surface area (Å²) in [5.41, 5.74) is 0. The van der Waals surface area contributed by atoms with Crippen LogP contribution in [-0.4, -0.2) is 8.42 Å². The van der Waals surface area contributed by atoms with Gasteiger partial charge in [0.1, 0.15) is 0 Å². The fourth-order valence-electron chi connectivity index (χ4n) is 0.461. The molecule has 0 spiro atoms. The van der Waals surface area contributed by atoms with E-state index < -0.39 is 10.0 Å². The highest BCUT2D eigenvalue weighted by molar-refractivity contribution is 7.93. The summed E-state index contributed by atoms with van der Waals surface area (Å²) < 4.78 is 24.1. The molecule has 0 aliphatic rings. The molecule has 0 atom stereocenters. The maximum absolute atomic E-state index is 11.0. The van der Waals surface area contributed by atoms with Crippen LogP contribution in [0.3, 0.4) is 0 Å². The van der Waals surface area contributed by atoms with Crippen molar-refractivity contribution in [3.05, 3.63) is 36.4 Å². The molecule has 0 aliphatic carbocycles. The van der Waals surface area contributed by atoms with Crippen molar-refractivity contribution in [2.24, 2.45) is 0 Å². The zero-order valence-corrected chi connectivity index (χ0v) is 7.19. The SMILES string of the molecule is C=CNS(=O)(=O)C(=C)C=CC. The molecule has 0 saturated carbocycles. The largest absolute Gasteiger partial charge is 0.287 e. The van der Waals surface area contributed by atoms with Crippen LogP contribution < -0.4 is 4.72 Å². The minimum atomic E-state index is -3.42. The summed E-state index contributed by atoms with van der Waals surface area (Å²) in [4.78, 5) is 0.0277. The zero-order valence-electron chi connectivity index (χ0n) is 6.37. The minimum Gasteiger partial charge on any atom is -0.287 e. The normalized spacial score (nSPS) is 11.4. The lowest BCUT2D eigenvalue weighted by molar-refractivity contribution is 0.598. The molecule has 11 heavy (non-hydrogen) atoms. The Kier molecular flexibility index (Phi) is 3.60. The molecule has 0 bridgehead atoms. The third-order valence-corrected chi connectivity index (χ3v) is 2.24. The summed E-state index contributed by atoms with van der Waals surface area (Å²) in [5.74, 6) is 0. The Morgan fingerprint density at radius 3 is 2.45 bits per heavy atom. The van der Waals surface area contributed by atoms with Gasteiger partial charge < -0.3 is 0 Å². The van der Waals surface area contributed by atoms with Crippen LogP contribution in [0, 0.1) is 0 Å². The molecule has 0 aromatic heterocycles. The van der Waals surface area contributed by atoms with E-state index in [1.807, 2.05) is 0 Å². The van der Waals surface area contributed by atoms with Gasteiger partial charge in [-0.1, -0.05) is 19.2 Å². The summed E-state index contributed by atoms with van der Waals surface area (Å²) in [7, 11) is -3.42. The van der Waals surface area contributed by atoms with Gasteiger partial charge in [0.2, 0.25) is 0 Å². The smallest absolute Gasteiger partial charge is 0.260 e. The standard InChI is InChI=1S/C7H11NO2S/c1-4-6-7(3)11(9,10)8-5-2/h4-6,8H,2-3H2,1H3. The molecule has 0 aromatic rings. The summed E-state index contributed by atoms with van der Waals surface area (Å²) >= 11 is 0. The Hall–Kier alpha value is -1.03. The third-order valence-electron chi connectivity index (χ3n) is 0.936. The van der Waals surface area contributed by atoms with E-state index in [4.69, 9.17) is 0 Å². The van der Waals surface area contributed by atoms with Crippen molar-refractivity contribution in [1.82, 2.24) is 4.72 Å². The van der Waals surface area contributed by atoms with Gasteiger partial charge in [0, 0.05) is 6.20 Å². The van der Waals surface area contributed by atoms with E-state index in [1.165, 1.54) is 6.08 Å². The van der Waals surface area contributed by atoms with Crippen LogP contribution in [0.2, 0.25) is 0 Å². The van der Waals surface area contributed by atoms with Crippen LogP contribution >= 0.6 is 0 Å². The van der Waals surface area contributed by atoms with E-state index in [-0.39, 0.29) is 4.91 Å². The molecular formula is C7H11NO2S. The predicted octanol–water partition coefficient (Wildman–Crippen LogP) is 1.14. The predicted molar refractivity (Wildman–Crippen MR) is 46.2 cm³/mol. The van der Waals surface area contributed by atoms with Crippen LogP contribution in [0.4, 0.5) is 0 Å². The summed E-state index contributed by atoms with van der Waals surface area (Å²) in [6.45, 7) is 8.30. The molecular weight excluding hydrogens is 162 g/mol. The molecule has 0 aromatic carbocycles. The fourth-order valence-corrected chi connectivity index (χ4v) is 1.15. The van der Waals surface area contributed by atoms with Gasteiger partial charge in [-0.25, -0.2) is 8.42 Å². The van der Waals surface area contributed by atoms with Crippen molar-refractivity contribution in [1.29, 1.82) is 0 Å². The third kappa shape index (κ3) is 3.04. The number of allylic oxidation sites excluding steroid dienone is 2. The minimum absolute atomic E-state index is 0.0277. The lowest BCUT2D eigenvalue weighted by atomic mass is 10.5. The van der Waals surface area contributed by atoms with E-state index in [9.17, 15) is 8.42 Å². The first-order valence-electron chi connectivity index (χ1n) is 2.99. The number of nitrogens with one attached hydrogen (secondary N) is 1. The Morgan fingerprint density at radius 2 is 2.09 bits per heavy atom. The Labute approximate surface area is 67.2 Å². The second kappa shape index (κ2) is 3.98. The van der Waals surface area contributed by atoms with E-state index in [2.05, 4.69) is 17.9 Å². The Balaban J connectivity index is 4.57. The van der Waals surface area contributed by atoms with E-state index in [0.717, 1.165) is 6.20 Å². The lowest BCUT2D eigenvalue weighted by Crippen LogP contribution is -2.17. The first kappa shape index (κ1) is 9.97. The molecule has 0 fully saturated rings. The molecule has 0 heterocycles. The van der Waals surface area contributed by atoms with Gasteiger partial charge in [-0.2, -0.15) is 0 Å². The second-order valence-electron chi connectivity index (χ2n) is 1.79. The van der Waals surface area contributed by atoms with Crippen molar-refractivity contribution in [2.75, 3.05) is 0 Å². The molecule has 0 radical (unpaired) electrons. The highest BCUT2D eigenvalue weighted by Crippen LogP contribution is 2.01. The van der Waals surface area contributed by atoms with E-state index >= 15 is 0 Å². The van der Waals surface area contributed by atoms with Crippen molar-refractivity contribution < 1.29 is 8.42 Å². The molecule has 3 nitrogen and oxygen atoms in total. The number of sulfonamides is 1. The molecule has 0 amide bonds. The zero-order chi connectivity index (χ0) is 8.91. The molecule has 62 valence electrons. The van der Waals surface area contributed by atoms with Crippen LogP contribution in [0.1, 0.15) is 6.92 Å². The van der Waals surface area contributed by atoms with Crippen LogP contribution in [0.15, 0.2) is 36.4 Å². The van der Waals surface area contributed by atoms with Gasteiger partial charge in [0.15, 0.2) is 0 Å². The van der Waals surface area contributed by atoms with Gasteiger partial charge in [-0.3, -0.25) is 4.72 Å². The van der Waals surface area contributed by atoms with Crippen molar-refractivity contribution in [3.63, 3.8) is 0 Å². The summed E-state index contributed by atoms with van der Waals surface area (Å²) in [6.07, 6.45) is 4.11. The molecule has 0 saturated heterocycles. The molecule has 0 aliphatic heterocycles. The van der Waals surface area contributed by atoms with Gasteiger partial charge in [-0.15, -0.1) is 0 Å². The monoisotopic (exact) mass is 173 g/mol. The molecule has 0 unspecified atom stereocenters. The lowest BCUT2D eigenvalue weighted by Gasteiger charge is -2.00. The van der Waals surface area contributed by atoms with Gasteiger partial charge in [0.05, 0.1) is 4.91 Å². The maximum Gasteiger partial charge on any atom is 0.260 e. The molecule has 0 rings (SSSR count). The Bertz CT molecular complexity index is 275. The average Bonchev–Trinajstić information content (AvgIpc) is 1.88. The van der Waals surface area contributed by atoms with Crippen LogP contribution in [0.25, 0.3) is 0 Å². The van der Waals surface area contributed by atoms with Gasteiger partial charge >= 0.3 is 0 Å². The maximum atomic E-state index is 11.0. The number of hydrogen-bond donors (Lipinski definition) is 1. The fraction of sp³-hybridized carbons (Fsp3) is 0.143. The average molecular weight is 173 g/mol.